The Kier molecular flexibility index (Phi) is 6.50. The van der Waals surface area contributed by atoms with E-state index in [0.29, 0.717) is 6.07 Å². The summed E-state index contributed by atoms with van der Waals surface area (Å²) >= 11 is 3.07. The number of ether oxygens (including phenoxy) is 1. The van der Waals surface area contributed by atoms with E-state index >= 15 is 0 Å². The van der Waals surface area contributed by atoms with Gasteiger partial charge in [-0.15, -0.1) is 0 Å². The molecule has 0 fully saturated rings. The molecule has 1 heterocycles. The van der Waals surface area contributed by atoms with Crippen LogP contribution in [0.1, 0.15) is 22.8 Å². The Balaban J connectivity index is 1.99. The van der Waals surface area contributed by atoms with Crippen LogP contribution in [0.2, 0.25) is 0 Å². The number of phenolic OH excluding ortho intramolecular Hbond substituents is 1. The van der Waals surface area contributed by atoms with Crippen molar-refractivity contribution in [2.24, 2.45) is 0 Å². The molecule has 0 aromatic heterocycles. The van der Waals surface area contributed by atoms with E-state index in [1.54, 1.807) is 32.0 Å². The number of aromatic hydroxyl groups is 1. The van der Waals surface area contributed by atoms with Gasteiger partial charge in [0.05, 0.1) is 16.7 Å². The quantitative estimate of drug-likeness (QED) is 0.396. The van der Waals surface area contributed by atoms with Gasteiger partial charge in [-0.1, -0.05) is 11.6 Å². The highest BCUT2D eigenvalue weighted by Crippen LogP contribution is 2.38. The number of hydrogen-bond acceptors (Lipinski definition) is 5. The number of nitrogens with one attached hydrogen (secondary N) is 1. The first-order valence-corrected chi connectivity index (χ1v) is 12.7. The number of benzene rings is 3. The lowest BCUT2D eigenvalue weighted by Crippen LogP contribution is -2.35. The van der Waals surface area contributed by atoms with Crippen molar-refractivity contribution in [2.45, 2.75) is 24.8 Å². The highest BCUT2D eigenvalue weighted by molar-refractivity contribution is 9.10. The summed E-state index contributed by atoms with van der Waals surface area (Å²) in [5, 5.41) is 10.4. The molecule has 184 valence electrons. The number of aryl methyl sites for hydroxylation is 1. The molecular weight excluding hydrogens is 546 g/mol. The predicted octanol–water partition coefficient (Wildman–Crippen LogP) is 5.06. The Morgan fingerprint density at radius 3 is 2.54 bits per heavy atom. The van der Waals surface area contributed by atoms with Crippen molar-refractivity contribution in [3.63, 3.8) is 0 Å². The first-order valence-electron chi connectivity index (χ1n) is 10.4. The van der Waals surface area contributed by atoms with Gasteiger partial charge in [0.2, 0.25) is 0 Å². The number of sulfonamides is 1. The zero-order valence-corrected chi connectivity index (χ0v) is 21.3. The van der Waals surface area contributed by atoms with Gasteiger partial charge >= 0.3 is 0 Å². The Hall–Kier alpha value is -3.18. The van der Waals surface area contributed by atoms with Crippen LogP contribution in [0, 0.1) is 18.6 Å². The third kappa shape index (κ3) is 4.83. The molecule has 11 heteroatoms. The molecule has 0 unspecified atom stereocenters. The number of rotatable bonds is 0. The first-order chi connectivity index (χ1) is 16.4. The second kappa shape index (κ2) is 9.12. The third-order valence-electron chi connectivity index (χ3n) is 5.50. The van der Waals surface area contributed by atoms with Crippen molar-refractivity contribution < 1.29 is 31.8 Å². The van der Waals surface area contributed by atoms with Gasteiger partial charge in [-0.2, -0.15) is 0 Å². The summed E-state index contributed by atoms with van der Waals surface area (Å²) < 4.78 is 64.0. The van der Waals surface area contributed by atoms with Crippen LogP contribution in [0.15, 0.2) is 51.8 Å². The topological polar surface area (TPSA) is 95.9 Å². The van der Waals surface area contributed by atoms with Crippen LogP contribution in [0.4, 0.5) is 14.5 Å². The van der Waals surface area contributed by atoms with Crippen LogP contribution < -0.4 is 9.46 Å². The molecule has 4 rings (SSSR count). The van der Waals surface area contributed by atoms with Crippen LogP contribution >= 0.6 is 15.9 Å². The maximum absolute atomic E-state index is 14.9. The van der Waals surface area contributed by atoms with Gasteiger partial charge in [0.1, 0.15) is 34.1 Å². The van der Waals surface area contributed by atoms with Gasteiger partial charge in [-0.3, -0.25) is 9.52 Å². The molecule has 2 N–H and O–H groups in total. The van der Waals surface area contributed by atoms with Crippen LogP contribution in [0.5, 0.6) is 11.5 Å². The number of phenols is 1. The summed E-state index contributed by atoms with van der Waals surface area (Å²) in [6.07, 6.45) is -0.541. The van der Waals surface area contributed by atoms with Crippen molar-refractivity contribution >= 4 is 37.5 Å². The lowest BCUT2D eigenvalue weighted by Gasteiger charge is -2.24. The fraction of sp³-hybridized carbons (Fsp3) is 0.208. The number of likely N-dealkylation sites (N-methyl/N-ethyl adjacent to an activating group) is 1. The van der Waals surface area contributed by atoms with E-state index in [1.165, 1.54) is 18.0 Å². The molecular formula is C24H21BrF2N2O5S. The highest BCUT2D eigenvalue weighted by atomic mass is 79.9. The van der Waals surface area contributed by atoms with Gasteiger partial charge < -0.3 is 14.7 Å². The second-order valence-corrected chi connectivity index (χ2v) is 10.8. The molecule has 7 nitrogen and oxygen atoms in total. The molecule has 0 spiro atoms. The van der Waals surface area contributed by atoms with E-state index in [9.17, 15) is 27.1 Å². The van der Waals surface area contributed by atoms with E-state index < -0.39 is 50.0 Å². The molecule has 0 saturated heterocycles. The van der Waals surface area contributed by atoms with E-state index in [1.807, 2.05) is 0 Å². The summed E-state index contributed by atoms with van der Waals surface area (Å²) in [5.41, 5.74) is 0.386. The van der Waals surface area contributed by atoms with Crippen molar-refractivity contribution in [2.75, 3.05) is 18.3 Å². The predicted molar refractivity (Wildman–Crippen MR) is 130 cm³/mol. The van der Waals surface area contributed by atoms with Crippen molar-refractivity contribution in [3.8, 4) is 22.6 Å². The smallest absolute Gasteiger partial charge is 0.265 e. The molecule has 0 aliphatic carbocycles. The molecule has 35 heavy (non-hydrogen) atoms. The Labute approximate surface area is 209 Å². The van der Waals surface area contributed by atoms with Gasteiger partial charge in [-0.25, -0.2) is 17.2 Å². The normalized spacial score (nSPS) is 17.5. The third-order valence-corrected chi connectivity index (χ3v) is 7.48. The van der Waals surface area contributed by atoms with Gasteiger partial charge in [0.25, 0.3) is 15.9 Å². The zero-order chi connectivity index (χ0) is 25.7. The molecule has 4 bridgehead atoms. The monoisotopic (exact) mass is 566 g/mol. The van der Waals surface area contributed by atoms with E-state index in [-0.39, 0.29) is 33.5 Å². The number of hydrogen-bond donors (Lipinski definition) is 2. The molecule has 1 atom stereocenters. The van der Waals surface area contributed by atoms with Crippen molar-refractivity contribution in [1.82, 2.24) is 4.90 Å². The van der Waals surface area contributed by atoms with Crippen LogP contribution in [0.25, 0.3) is 11.1 Å². The number of nitrogens with zero attached hydrogens (tertiary/aromatic N) is 1. The summed E-state index contributed by atoms with van der Waals surface area (Å²) in [5.74, 6) is -3.00. The van der Waals surface area contributed by atoms with E-state index in [2.05, 4.69) is 20.7 Å². The molecule has 0 saturated carbocycles. The number of fused-ring (bicyclic) bond motifs is 6. The molecule has 3 aromatic carbocycles. The SMILES string of the molecule is Cc1ccc2c(c1)-c1cc(c(F)cc1F)NS(=O)(=O)c1cc(cc(Br)c1O)C(=O)N(C)C[C@H](C)O2. The summed E-state index contributed by atoms with van der Waals surface area (Å²) in [6.45, 7) is 3.62. The lowest BCUT2D eigenvalue weighted by atomic mass is 10.0. The Morgan fingerprint density at radius 2 is 1.83 bits per heavy atom. The van der Waals surface area contributed by atoms with Crippen molar-refractivity contribution in [3.05, 3.63) is 69.7 Å². The van der Waals surface area contributed by atoms with E-state index in [0.717, 1.165) is 17.7 Å². The molecule has 1 amide bonds. The zero-order valence-electron chi connectivity index (χ0n) is 18.9. The summed E-state index contributed by atoms with van der Waals surface area (Å²) in [4.78, 5) is 13.7. The minimum Gasteiger partial charge on any atom is -0.505 e. The standard InChI is InChI=1S/C24H21BrF2N2O5S/c1-12-4-5-21-16(6-12)15-9-20(19(27)10-18(15)26)28-35(32,33)22-8-14(7-17(25)23(22)30)24(31)29(3)11-13(2)34-21/h4-10,13,28,30H,11H2,1-3H3/t13-/m0/s1. The second-order valence-electron chi connectivity index (χ2n) is 8.34. The number of halogens is 3. The fourth-order valence-electron chi connectivity index (χ4n) is 3.84. The van der Waals surface area contributed by atoms with Gasteiger partial charge in [-0.05, 0) is 60.1 Å². The average molecular weight is 567 g/mol. The minimum absolute atomic E-state index is 0.0316. The number of carbonyl (C=O) groups is 1. The van der Waals surface area contributed by atoms with Crippen LogP contribution in [-0.4, -0.2) is 44.0 Å². The van der Waals surface area contributed by atoms with E-state index in [4.69, 9.17) is 4.74 Å². The van der Waals surface area contributed by atoms with Crippen molar-refractivity contribution in [1.29, 1.82) is 0 Å². The first kappa shape index (κ1) is 24.9. The molecule has 1 aliphatic heterocycles. The largest absolute Gasteiger partial charge is 0.505 e. The Morgan fingerprint density at radius 1 is 1.11 bits per heavy atom. The summed E-state index contributed by atoms with van der Waals surface area (Å²) in [6, 6.07) is 8.90. The summed E-state index contributed by atoms with van der Waals surface area (Å²) in [7, 11) is -3.08. The lowest BCUT2D eigenvalue weighted by molar-refractivity contribution is 0.0727. The Bertz CT molecular complexity index is 1460. The molecule has 0 radical (unpaired) electrons. The fourth-order valence-corrected chi connectivity index (χ4v) is 5.63. The average Bonchev–Trinajstić information content (AvgIpc) is 2.77. The van der Waals surface area contributed by atoms with Crippen LogP contribution in [-0.2, 0) is 10.0 Å². The van der Waals surface area contributed by atoms with Gasteiger partial charge in [0.15, 0.2) is 0 Å². The maximum atomic E-state index is 14.9. The number of amides is 1. The number of carbonyl (C=O) groups excluding carboxylic acids is 1. The number of anilines is 1. The van der Waals surface area contributed by atoms with Gasteiger partial charge in [0, 0.05) is 29.8 Å². The minimum atomic E-state index is -4.60. The molecule has 3 aromatic rings. The highest BCUT2D eigenvalue weighted by Gasteiger charge is 2.27. The van der Waals surface area contributed by atoms with Crippen LogP contribution in [0.3, 0.4) is 0 Å². The maximum Gasteiger partial charge on any atom is 0.265 e. The molecule has 1 aliphatic rings.